The highest BCUT2D eigenvalue weighted by Gasteiger charge is 2.36. The van der Waals surface area contributed by atoms with E-state index >= 15 is 0 Å². The van der Waals surface area contributed by atoms with Gasteiger partial charge in [0.2, 0.25) is 0 Å². The van der Waals surface area contributed by atoms with Gasteiger partial charge in [-0.2, -0.15) is 0 Å². The molecule has 2 aromatic heterocycles. The maximum absolute atomic E-state index is 12.9. The molecule has 1 fully saturated rings. The number of oxazole rings is 1. The van der Waals surface area contributed by atoms with E-state index in [2.05, 4.69) is 10.1 Å². The second-order valence-electron chi connectivity index (χ2n) is 6.83. The second-order valence-corrected chi connectivity index (χ2v) is 6.83. The van der Waals surface area contributed by atoms with E-state index in [9.17, 15) is 4.79 Å². The predicted octanol–water partition coefficient (Wildman–Crippen LogP) is 2.97. The number of hydrogen-bond donors (Lipinski definition) is 0. The quantitative estimate of drug-likeness (QED) is 0.690. The third-order valence-electron chi connectivity index (χ3n) is 4.96. The van der Waals surface area contributed by atoms with Crippen molar-refractivity contribution >= 4 is 5.91 Å². The molecule has 0 bridgehead atoms. The Balaban J connectivity index is 1.45. The third-order valence-corrected chi connectivity index (χ3v) is 4.96. The summed E-state index contributed by atoms with van der Waals surface area (Å²) >= 11 is 0. The van der Waals surface area contributed by atoms with E-state index in [1.165, 1.54) is 6.39 Å². The highest BCUT2D eigenvalue weighted by atomic mass is 16.5. The summed E-state index contributed by atoms with van der Waals surface area (Å²) in [6, 6.07) is 9.29. The topological polar surface area (TPSA) is 81.6 Å². The number of benzene rings is 1. The molecule has 7 nitrogen and oxygen atoms in total. The second kappa shape index (κ2) is 7.36. The zero-order chi connectivity index (χ0) is 18.8. The van der Waals surface area contributed by atoms with Crippen molar-refractivity contribution in [1.82, 2.24) is 15.0 Å². The number of carbonyl (C=O) groups is 1. The van der Waals surface area contributed by atoms with Gasteiger partial charge in [0.05, 0.1) is 18.0 Å². The molecule has 2 atom stereocenters. The van der Waals surface area contributed by atoms with Crippen LogP contribution in [0.1, 0.15) is 21.8 Å². The van der Waals surface area contributed by atoms with Gasteiger partial charge in [0.15, 0.2) is 12.2 Å². The maximum Gasteiger partial charge on any atom is 0.253 e. The number of hydrogen-bond acceptors (Lipinski definition) is 6. The van der Waals surface area contributed by atoms with Crippen LogP contribution in [0.25, 0.3) is 11.3 Å². The van der Waals surface area contributed by atoms with E-state index in [1.807, 2.05) is 42.2 Å². The Hall–Kier alpha value is -2.93. The van der Waals surface area contributed by atoms with Crippen LogP contribution in [0.2, 0.25) is 0 Å². The summed E-state index contributed by atoms with van der Waals surface area (Å²) in [4.78, 5) is 18.7. The van der Waals surface area contributed by atoms with Crippen molar-refractivity contribution in [2.45, 2.75) is 19.4 Å². The smallest absolute Gasteiger partial charge is 0.253 e. The molecule has 27 heavy (non-hydrogen) atoms. The number of likely N-dealkylation sites (tertiary alicyclic amines) is 1. The Bertz CT molecular complexity index is 902. The van der Waals surface area contributed by atoms with Gasteiger partial charge in [-0.05, 0) is 19.1 Å². The molecule has 0 aliphatic carbocycles. The van der Waals surface area contributed by atoms with Gasteiger partial charge < -0.3 is 18.6 Å². The number of carbonyl (C=O) groups excluding carboxylic acids is 1. The van der Waals surface area contributed by atoms with Gasteiger partial charge in [-0.1, -0.05) is 17.3 Å². The minimum Gasteiger partial charge on any atom is -0.444 e. The van der Waals surface area contributed by atoms with Crippen molar-refractivity contribution in [1.29, 1.82) is 0 Å². The average molecular weight is 367 g/mol. The molecule has 1 aromatic carbocycles. The predicted molar refractivity (Wildman–Crippen MR) is 97.1 cm³/mol. The number of methoxy groups -OCH3 is 1. The van der Waals surface area contributed by atoms with Crippen LogP contribution in [-0.4, -0.2) is 47.3 Å². The lowest BCUT2D eigenvalue weighted by Crippen LogP contribution is -2.29. The molecule has 7 heteroatoms. The van der Waals surface area contributed by atoms with Crippen LogP contribution in [0.15, 0.2) is 51.9 Å². The van der Waals surface area contributed by atoms with Crippen LogP contribution in [0, 0.1) is 12.8 Å². The monoisotopic (exact) mass is 367 g/mol. The molecule has 1 saturated heterocycles. The first-order valence-electron chi connectivity index (χ1n) is 8.87. The molecule has 4 rings (SSSR count). The molecular formula is C20H21N3O4. The fraction of sp³-hybridized carbons (Fsp3) is 0.350. The van der Waals surface area contributed by atoms with E-state index in [-0.39, 0.29) is 17.9 Å². The van der Waals surface area contributed by atoms with Gasteiger partial charge in [-0.15, -0.1) is 0 Å². The van der Waals surface area contributed by atoms with Gasteiger partial charge in [0, 0.05) is 49.7 Å². The first-order chi connectivity index (χ1) is 13.1. The van der Waals surface area contributed by atoms with Crippen molar-refractivity contribution in [2.24, 2.45) is 5.92 Å². The van der Waals surface area contributed by atoms with Gasteiger partial charge in [-0.3, -0.25) is 4.79 Å². The molecule has 140 valence electrons. The van der Waals surface area contributed by atoms with Crippen molar-refractivity contribution in [3.63, 3.8) is 0 Å². The molecule has 1 aliphatic rings. The lowest BCUT2D eigenvalue weighted by molar-refractivity contribution is 0.0672. The molecular weight excluding hydrogens is 346 g/mol. The third kappa shape index (κ3) is 3.64. The molecule has 0 spiro atoms. The molecule has 0 saturated carbocycles. The summed E-state index contributed by atoms with van der Waals surface area (Å²) in [6.07, 6.45) is 3.72. The lowest BCUT2D eigenvalue weighted by Gasteiger charge is -2.16. The van der Waals surface area contributed by atoms with E-state index in [1.54, 1.807) is 13.3 Å². The van der Waals surface area contributed by atoms with E-state index in [4.69, 9.17) is 13.7 Å². The fourth-order valence-corrected chi connectivity index (χ4v) is 3.56. The Labute approximate surface area is 156 Å². The molecule has 3 aromatic rings. The SMILES string of the molecule is CO[C@H]1CN(C(=O)c2ccc(-c3cnco3)cc2)C[C@H]1Cc1cc(C)no1. The molecule has 0 unspecified atom stereocenters. The van der Waals surface area contributed by atoms with Crippen LogP contribution in [0.5, 0.6) is 0 Å². The largest absolute Gasteiger partial charge is 0.444 e. The highest BCUT2D eigenvalue weighted by Crippen LogP contribution is 2.26. The van der Waals surface area contributed by atoms with Gasteiger partial charge >= 0.3 is 0 Å². The number of aryl methyl sites for hydroxylation is 1. The number of amides is 1. The minimum absolute atomic E-state index is 0.00239. The Morgan fingerprint density at radius 3 is 2.74 bits per heavy atom. The average Bonchev–Trinajstić information content (AvgIpc) is 3.43. The van der Waals surface area contributed by atoms with Crippen LogP contribution >= 0.6 is 0 Å². The Kier molecular flexibility index (Phi) is 4.77. The first kappa shape index (κ1) is 17.5. The van der Waals surface area contributed by atoms with Crippen LogP contribution < -0.4 is 0 Å². The molecule has 0 radical (unpaired) electrons. The number of nitrogens with zero attached hydrogens (tertiary/aromatic N) is 3. The van der Waals surface area contributed by atoms with Crippen LogP contribution in [-0.2, 0) is 11.2 Å². The molecule has 1 amide bonds. The van der Waals surface area contributed by atoms with Crippen molar-refractivity contribution in [2.75, 3.05) is 20.2 Å². The van der Waals surface area contributed by atoms with Gasteiger partial charge in [-0.25, -0.2) is 4.98 Å². The summed E-state index contributed by atoms with van der Waals surface area (Å²) in [7, 11) is 1.68. The normalized spacial score (nSPS) is 19.6. The zero-order valence-electron chi connectivity index (χ0n) is 15.3. The summed E-state index contributed by atoms with van der Waals surface area (Å²) in [5.74, 6) is 1.68. The standard InChI is InChI=1S/C20H21N3O4/c1-13-7-17(27-22-13)8-16-10-23(11-19(16)25-2)20(24)15-5-3-14(4-6-15)18-9-21-12-26-18/h3-7,9,12,16,19H,8,10-11H2,1-2H3/t16-,19+/m1/s1. The molecule has 3 heterocycles. The minimum atomic E-state index is -0.0205. The van der Waals surface area contributed by atoms with Crippen LogP contribution in [0.4, 0.5) is 0 Å². The van der Waals surface area contributed by atoms with Crippen molar-refractivity contribution in [3.05, 3.63) is 59.9 Å². The van der Waals surface area contributed by atoms with E-state index < -0.39 is 0 Å². The lowest BCUT2D eigenvalue weighted by atomic mass is 10.0. The van der Waals surface area contributed by atoms with Gasteiger partial charge in [0.1, 0.15) is 5.76 Å². The van der Waals surface area contributed by atoms with Crippen molar-refractivity contribution < 1.29 is 18.5 Å². The Morgan fingerprint density at radius 2 is 2.11 bits per heavy atom. The summed E-state index contributed by atoms with van der Waals surface area (Å²) in [5, 5.41) is 3.93. The molecule has 1 aliphatic heterocycles. The Morgan fingerprint density at radius 1 is 1.30 bits per heavy atom. The maximum atomic E-state index is 12.9. The van der Waals surface area contributed by atoms with Crippen molar-refractivity contribution in [3.8, 4) is 11.3 Å². The summed E-state index contributed by atoms with van der Waals surface area (Å²) in [5.41, 5.74) is 2.39. The zero-order valence-corrected chi connectivity index (χ0v) is 15.3. The number of rotatable bonds is 5. The van der Waals surface area contributed by atoms with Crippen LogP contribution in [0.3, 0.4) is 0 Å². The molecule has 0 N–H and O–H groups in total. The summed E-state index contributed by atoms with van der Waals surface area (Å²) in [6.45, 7) is 3.09. The fourth-order valence-electron chi connectivity index (χ4n) is 3.56. The summed E-state index contributed by atoms with van der Waals surface area (Å²) < 4.78 is 16.2. The van der Waals surface area contributed by atoms with E-state index in [0.717, 1.165) is 17.0 Å². The number of ether oxygens (including phenoxy) is 1. The number of aromatic nitrogens is 2. The van der Waals surface area contributed by atoms with Gasteiger partial charge in [0.25, 0.3) is 5.91 Å². The highest BCUT2D eigenvalue weighted by molar-refractivity contribution is 5.94. The first-order valence-corrected chi connectivity index (χ1v) is 8.87. The van der Waals surface area contributed by atoms with E-state index in [0.29, 0.717) is 30.8 Å².